The van der Waals surface area contributed by atoms with Gasteiger partial charge in [-0.3, -0.25) is 4.79 Å². The highest BCUT2D eigenvalue weighted by Gasteiger charge is 2.10. The number of carbonyl (C=O) groups is 1. The molecule has 0 aromatic heterocycles. The largest absolute Gasteiger partial charge is 0.366 e. The summed E-state index contributed by atoms with van der Waals surface area (Å²) in [4.78, 5) is 11.3. The van der Waals surface area contributed by atoms with Crippen molar-refractivity contribution in [2.45, 2.75) is 39.5 Å². The van der Waals surface area contributed by atoms with E-state index in [1.165, 1.54) is 5.56 Å². The molecule has 1 aromatic carbocycles. The molecule has 1 amide bonds. The molecule has 0 spiro atoms. The molecule has 0 bridgehead atoms. The van der Waals surface area contributed by atoms with Crippen molar-refractivity contribution < 1.29 is 4.79 Å². The third-order valence-corrected chi connectivity index (χ3v) is 2.56. The van der Waals surface area contributed by atoms with Crippen molar-refractivity contribution in [3.8, 4) is 0 Å². The summed E-state index contributed by atoms with van der Waals surface area (Å²) in [6.45, 7) is 4.26. The van der Waals surface area contributed by atoms with Crippen molar-refractivity contribution in [3.63, 3.8) is 0 Å². The van der Waals surface area contributed by atoms with Crippen molar-refractivity contribution in [2.24, 2.45) is 5.73 Å². The number of benzene rings is 1. The molecule has 86 valence electrons. The van der Waals surface area contributed by atoms with Gasteiger partial charge in [-0.15, -0.1) is 0 Å². The van der Waals surface area contributed by atoms with Crippen LogP contribution in [0.5, 0.6) is 0 Å². The lowest BCUT2D eigenvalue weighted by molar-refractivity contribution is 0.0999. The third-order valence-electron chi connectivity index (χ3n) is 2.56. The van der Waals surface area contributed by atoms with E-state index >= 15 is 0 Å². The highest BCUT2D eigenvalue weighted by molar-refractivity contribution is 5.94. The van der Waals surface area contributed by atoms with Gasteiger partial charge in [-0.2, -0.15) is 0 Å². The van der Waals surface area contributed by atoms with Crippen molar-refractivity contribution in [1.82, 2.24) is 0 Å². The Kier molecular flexibility index (Phi) is 6.47. The van der Waals surface area contributed by atoms with Crippen LogP contribution in [0.2, 0.25) is 0 Å². The molecule has 2 nitrogen and oxygen atoms in total. The molecule has 0 aliphatic carbocycles. The Morgan fingerprint density at radius 1 is 1.19 bits per heavy atom. The molecule has 0 heterocycles. The summed E-state index contributed by atoms with van der Waals surface area (Å²) in [6.07, 6.45) is 4.10. The summed E-state index contributed by atoms with van der Waals surface area (Å²) in [5.41, 5.74) is 8.49. The van der Waals surface area contributed by atoms with Crippen LogP contribution in [0.3, 0.4) is 0 Å². The fourth-order valence-corrected chi connectivity index (χ4v) is 1.91. The highest BCUT2D eigenvalue weighted by atomic mass is 16.1. The van der Waals surface area contributed by atoms with Crippen LogP contribution in [0.4, 0.5) is 0 Å². The zero-order valence-corrected chi connectivity index (χ0v) is 10.0. The van der Waals surface area contributed by atoms with Gasteiger partial charge in [-0.1, -0.05) is 38.8 Å². The van der Waals surface area contributed by atoms with Crippen molar-refractivity contribution >= 4 is 5.91 Å². The average Bonchev–Trinajstić information content (AvgIpc) is 2.21. The van der Waals surface area contributed by atoms with E-state index in [0.29, 0.717) is 5.56 Å². The Labute approximate surface area is 98.9 Å². The van der Waals surface area contributed by atoms with Crippen molar-refractivity contribution in [1.29, 1.82) is 0 Å². The maximum absolute atomic E-state index is 11.3. The van der Waals surface area contributed by atoms with E-state index in [1.54, 1.807) is 0 Å². The molecule has 0 saturated carbocycles. The number of hydrogen-bond donors (Lipinski definition) is 1. The Morgan fingerprint density at radius 2 is 1.81 bits per heavy atom. The molecule has 16 heavy (non-hydrogen) atoms. The Morgan fingerprint density at radius 3 is 2.31 bits per heavy atom. The minimum Gasteiger partial charge on any atom is -0.366 e. The fourth-order valence-electron chi connectivity index (χ4n) is 1.91. The van der Waals surface area contributed by atoms with Crippen LogP contribution in [0, 0.1) is 7.43 Å². The van der Waals surface area contributed by atoms with Crippen LogP contribution >= 0.6 is 0 Å². The monoisotopic (exact) mass is 217 g/mol. The van der Waals surface area contributed by atoms with E-state index in [4.69, 9.17) is 5.73 Å². The number of carbonyl (C=O) groups excluding carboxylic acids is 1. The maximum Gasteiger partial charge on any atom is 0.248 e. The van der Waals surface area contributed by atoms with Gasteiger partial charge in [0.25, 0.3) is 0 Å². The van der Waals surface area contributed by atoms with Gasteiger partial charge in [0.2, 0.25) is 5.91 Å². The van der Waals surface area contributed by atoms with Crippen LogP contribution in [0.25, 0.3) is 0 Å². The molecule has 0 aliphatic heterocycles. The van der Waals surface area contributed by atoms with E-state index in [9.17, 15) is 4.79 Å². The van der Waals surface area contributed by atoms with Gasteiger partial charge in [0.15, 0.2) is 0 Å². The van der Waals surface area contributed by atoms with E-state index in [1.807, 2.05) is 12.1 Å². The molecule has 2 N–H and O–H groups in total. The van der Waals surface area contributed by atoms with E-state index in [2.05, 4.69) is 19.9 Å². The molecule has 0 aliphatic rings. The summed E-state index contributed by atoms with van der Waals surface area (Å²) in [5, 5.41) is 0. The zero-order chi connectivity index (χ0) is 11.3. The van der Waals surface area contributed by atoms with Crippen molar-refractivity contribution in [2.75, 3.05) is 0 Å². The lowest BCUT2D eigenvalue weighted by atomic mass is 9.94. The summed E-state index contributed by atoms with van der Waals surface area (Å²) in [5.74, 6) is -0.309. The smallest absolute Gasteiger partial charge is 0.248 e. The van der Waals surface area contributed by atoms with Gasteiger partial charge < -0.3 is 5.73 Å². The molecule has 0 fully saturated rings. The van der Waals surface area contributed by atoms with E-state index < -0.39 is 0 Å². The predicted molar refractivity (Wildman–Crippen MR) is 66.2 cm³/mol. The van der Waals surface area contributed by atoms with Gasteiger partial charge in [0.05, 0.1) is 0 Å². The topological polar surface area (TPSA) is 43.1 Å². The summed E-state index contributed by atoms with van der Waals surface area (Å²) >= 11 is 0. The number of hydrogen-bond acceptors (Lipinski definition) is 1. The Hall–Kier alpha value is -1.31. The van der Waals surface area contributed by atoms with E-state index in [0.717, 1.165) is 31.2 Å². The van der Waals surface area contributed by atoms with Gasteiger partial charge in [0, 0.05) is 13.0 Å². The van der Waals surface area contributed by atoms with Crippen LogP contribution < -0.4 is 5.73 Å². The molecule has 0 atom stereocenters. The quantitative estimate of drug-likeness (QED) is 0.809. The Bertz CT molecular complexity index is 345. The summed E-state index contributed by atoms with van der Waals surface area (Å²) in [7, 11) is 0. The Balaban J connectivity index is 0.00000225. The zero-order valence-electron chi connectivity index (χ0n) is 10.0. The van der Waals surface area contributed by atoms with Crippen molar-refractivity contribution in [3.05, 3.63) is 42.3 Å². The van der Waals surface area contributed by atoms with Gasteiger partial charge >= 0.3 is 0 Å². The van der Waals surface area contributed by atoms with Crippen LogP contribution in [0.15, 0.2) is 18.2 Å². The van der Waals surface area contributed by atoms with Crippen LogP contribution in [-0.4, -0.2) is 5.91 Å². The third kappa shape index (κ3) is 3.37. The number of rotatable bonds is 5. The highest BCUT2D eigenvalue weighted by Crippen LogP contribution is 2.18. The molecular formula is C14H19NO. The SMILES string of the molecule is CCCc1cccc(C(N)=O)c1CCC.[C]. The minimum absolute atomic E-state index is 0. The molecule has 0 saturated heterocycles. The van der Waals surface area contributed by atoms with Gasteiger partial charge in [-0.25, -0.2) is 0 Å². The van der Waals surface area contributed by atoms with Crippen LogP contribution in [0.1, 0.15) is 48.2 Å². The molecule has 2 heteroatoms. The summed E-state index contributed by atoms with van der Waals surface area (Å²) in [6, 6.07) is 5.84. The number of amides is 1. The first-order valence-electron chi connectivity index (χ1n) is 5.61. The van der Waals surface area contributed by atoms with Gasteiger partial charge in [0.1, 0.15) is 0 Å². The molecule has 4 radical (unpaired) electrons. The van der Waals surface area contributed by atoms with Crippen LogP contribution in [-0.2, 0) is 12.8 Å². The lowest BCUT2D eigenvalue weighted by Gasteiger charge is -2.11. The lowest BCUT2D eigenvalue weighted by Crippen LogP contribution is -2.15. The number of aryl methyl sites for hydroxylation is 1. The first kappa shape index (κ1) is 14.7. The fraction of sp³-hybridized carbons (Fsp3) is 0.429. The molecule has 0 unspecified atom stereocenters. The molecule has 1 rings (SSSR count). The summed E-state index contributed by atoms with van der Waals surface area (Å²) < 4.78 is 0. The van der Waals surface area contributed by atoms with E-state index in [-0.39, 0.29) is 13.3 Å². The number of nitrogens with two attached hydrogens (primary N) is 1. The molecule has 1 aromatic rings. The second-order valence-corrected chi connectivity index (χ2v) is 3.81. The first-order valence-corrected chi connectivity index (χ1v) is 5.61. The normalized spacial score (nSPS) is 9.62. The first-order chi connectivity index (χ1) is 7.20. The standard InChI is InChI=1S/C13H19NO.C/c1-3-6-10-8-5-9-12(13(14)15)11(10)7-4-2;/h5,8-9H,3-4,6-7H2,1-2H3,(H2,14,15);. The predicted octanol–water partition coefficient (Wildman–Crippen LogP) is 2.77. The maximum atomic E-state index is 11.3. The average molecular weight is 217 g/mol. The second-order valence-electron chi connectivity index (χ2n) is 3.81. The molecular weight excluding hydrogens is 198 g/mol. The minimum atomic E-state index is -0.309. The number of primary amides is 1. The second kappa shape index (κ2) is 7.04. The van der Waals surface area contributed by atoms with Gasteiger partial charge in [-0.05, 0) is 30.0 Å².